The summed E-state index contributed by atoms with van der Waals surface area (Å²) in [5, 5.41) is 34.9. The van der Waals surface area contributed by atoms with E-state index in [1.807, 2.05) is 0 Å². The van der Waals surface area contributed by atoms with Crippen LogP contribution in [-0.4, -0.2) is 52.4 Å². The van der Waals surface area contributed by atoms with Crippen molar-refractivity contribution in [3.8, 4) is 5.75 Å². The molecule has 0 radical (unpaired) electrons. The molecule has 0 spiro atoms. The highest BCUT2D eigenvalue weighted by atomic mass is 79.9. The standard InChI is InChI=1S/C31H25BrN4O9/c1-13-8-24(38)27-20(29(13)39)12-18-16(25(27)19-9-14(32)4-7-23(19)37)5-6-17-26(18)31(41)34(30(17)40)15-10-21(35(42)43)28(33(2)3)22(11-15)36(44)45/h4-5,7-11,17-18,25-26,37H,6,12H2,1-3H3/t17-,18+,25+,26-/m0/s1. The summed E-state index contributed by atoms with van der Waals surface area (Å²) in [5.74, 6) is -5.82. The maximum Gasteiger partial charge on any atom is 0.301 e. The fourth-order valence-electron chi connectivity index (χ4n) is 7.20. The van der Waals surface area contributed by atoms with Crippen molar-refractivity contribution in [2.24, 2.45) is 17.8 Å². The van der Waals surface area contributed by atoms with Gasteiger partial charge < -0.3 is 10.0 Å². The Morgan fingerprint density at radius 1 is 0.978 bits per heavy atom. The SMILES string of the molecule is CC1=CC(=O)C2=C(C[C@@H]3C(=CC[C@@H]4C(=O)N(c5cc([N+](=O)[O-])c(N(C)C)c([N+](=O)[O-])c5)C(=O)[C@@H]43)[C@@H]2c2cc(Br)ccc2O)C1=O. The predicted molar refractivity (Wildman–Crippen MR) is 164 cm³/mol. The van der Waals surface area contributed by atoms with E-state index >= 15 is 0 Å². The highest BCUT2D eigenvalue weighted by Gasteiger charge is 2.57. The van der Waals surface area contributed by atoms with Crippen LogP contribution in [0.2, 0.25) is 0 Å². The molecule has 0 saturated carbocycles. The number of nitro benzene ring substituents is 2. The van der Waals surface area contributed by atoms with Crippen LogP contribution in [0.15, 0.2) is 69.2 Å². The van der Waals surface area contributed by atoms with Gasteiger partial charge in [-0.2, -0.15) is 0 Å². The number of allylic oxidation sites excluding steroid dienone is 6. The smallest absolute Gasteiger partial charge is 0.301 e. The summed E-state index contributed by atoms with van der Waals surface area (Å²) in [6.45, 7) is 1.52. The third-order valence-electron chi connectivity index (χ3n) is 9.02. The molecule has 1 aliphatic heterocycles. The number of rotatable bonds is 5. The second-order valence-corrected chi connectivity index (χ2v) is 12.6. The molecule has 4 aliphatic rings. The molecule has 2 amide bonds. The van der Waals surface area contributed by atoms with Crippen molar-refractivity contribution in [2.75, 3.05) is 23.9 Å². The van der Waals surface area contributed by atoms with Crippen molar-refractivity contribution in [1.82, 2.24) is 0 Å². The van der Waals surface area contributed by atoms with Gasteiger partial charge in [-0.3, -0.25) is 39.4 Å². The number of anilines is 2. The number of nitrogens with zero attached hydrogens (tertiary/aromatic N) is 4. The number of ketones is 2. The van der Waals surface area contributed by atoms with Crippen molar-refractivity contribution in [3.63, 3.8) is 0 Å². The van der Waals surface area contributed by atoms with E-state index in [1.165, 1.54) is 38.1 Å². The number of aromatic hydroxyl groups is 1. The van der Waals surface area contributed by atoms with E-state index in [0.29, 0.717) is 15.6 Å². The second kappa shape index (κ2) is 10.6. The number of nitro groups is 2. The highest BCUT2D eigenvalue weighted by molar-refractivity contribution is 9.10. The summed E-state index contributed by atoms with van der Waals surface area (Å²) in [7, 11) is 2.81. The zero-order chi connectivity index (χ0) is 32.6. The zero-order valence-electron chi connectivity index (χ0n) is 24.1. The summed E-state index contributed by atoms with van der Waals surface area (Å²) in [4.78, 5) is 79.2. The average Bonchev–Trinajstić information content (AvgIpc) is 3.24. The van der Waals surface area contributed by atoms with Crippen LogP contribution in [0.1, 0.15) is 31.2 Å². The van der Waals surface area contributed by atoms with Crippen LogP contribution >= 0.6 is 15.9 Å². The zero-order valence-corrected chi connectivity index (χ0v) is 25.7. The first-order valence-electron chi connectivity index (χ1n) is 13.9. The number of carbonyl (C=O) groups excluding carboxylic acids is 4. The number of halogens is 1. The number of Topliss-reactive ketones (excluding diaryl/α,β-unsaturated/α-hetero) is 1. The van der Waals surface area contributed by atoms with Crippen LogP contribution in [-0.2, 0) is 19.2 Å². The lowest BCUT2D eigenvalue weighted by Crippen LogP contribution is -2.39. The summed E-state index contributed by atoms with van der Waals surface area (Å²) in [6, 6.07) is 6.67. The fourth-order valence-corrected chi connectivity index (χ4v) is 7.58. The second-order valence-electron chi connectivity index (χ2n) is 11.7. The fraction of sp³-hybridized carbons (Fsp3) is 0.290. The van der Waals surface area contributed by atoms with E-state index in [4.69, 9.17) is 0 Å². The summed E-state index contributed by atoms with van der Waals surface area (Å²) < 4.78 is 0.609. The van der Waals surface area contributed by atoms with Gasteiger partial charge in [0.05, 0.1) is 27.4 Å². The molecule has 0 aromatic heterocycles. The van der Waals surface area contributed by atoms with Crippen molar-refractivity contribution in [1.29, 1.82) is 0 Å². The highest BCUT2D eigenvalue weighted by Crippen LogP contribution is 2.57. The monoisotopic (exact) mass is 676 g/mol. The Morgan fingerprint density at radius 3 is 2.22 bits per heavy atom. The molecule has 13 nitrogen and oxygen atoms in total. The summed E-state index contributed by atoms with van der Waals surface area (Å²) in [6.07, 6.45) is 3.08. The number of amides is 2. The molecular weight excluding hydrogens is 652 g/mol. The van der Waals surface area contributed by atoms with E-state index in [0.717, 1.165) is 17.0 Å². The molecule has 1 saturated heterocycles. The molecule has 1 heterocycles. The Labute approximate surface area is 263 Å². The first-order chi connectivity index (χ1) is 21.2. The largest absolute Gasteiger partial charge is 0.508 e. The maximum atomic E-state index is 14.2. The molecular formula is C31H25BrN4O9. The first kappa shape index (κ1) is 30.1. The summed E-state index contributed by atoms with van der Waals surface area (Å²) in [5.41, 5.74) is -0.307. The molecule has 2 aromatic carbocycles. The van der Waals surface area contributed by atoms with Gasteiger partial charge in [-0.1, -0.05) is 27.6 Å². The van der Waals surface area contributed by atoms with Gasteiger partial charge >= 0.3 is 11.4 Å². The van der Waals surface area contributed by atoms with Crippen LogP contribution in [0, 0.1) is 38.0 Å². The van der Waals surface area contributed by atoms with Gasteiger partial charge in [0.15, 0.2) is 17.3 Å². The molecule has 1 N–H and O–H groups in total. The number of carbonyl (C=O) groups is 4. The molecule has 4 atom stereocenters. The Balaban J connectivity index is 1.50. The van der Waals surface area contributed by atoms with E-state index < -0.39 is 56.7 Å². The van der Waals surface area contributed by atoms with Crippen LogP contribution in [0.25, 0.3) is 0 Å². The average molecular weight is 677 g/mol. The van der Waals surface area contributed by atoms with Gasteiger partial charge in [0.2, 0.25) is 11.8 Å². The topological polar surface area (TPSA) is 181 Å². The van der Waals surface area contributed by atoms with Gasteiger partial charge in [-0.25, -0.2) is 4.90 Å². The Morgan fingerprint density at radius 2 is 1.62 bits per heavy atom. The van der Waals surface area contributed by atoms with E-state index in [1.54, 1.807) is 18.2 Å². The number of benzene rings is 2. The summed E-state index contributed by atoms with van der Waals surface area (Å²) >= 11 is 3.40. The number of phenolic OH excluding ortho intramolecular Hbond substituents is 1. The Hall–Kier alpha value is -4.98. The van der Waals surface area contributed by atoms with Crippen LogP contribution in [0.5, 0.6) is 5.75 Å². The minimum atomic E-state index is -1.02. The van der Waals surface area contributed by atoms with Gasteiger partial charge in [-0.15, -0.1) is 0 Å². The number of hydrogen-bond acceptors (Lipinski definition) is 10. The van der Waals surface area contributed by atoms with Gasteiger partial charge in [0.25, 0.3) is 0 Å². The van der Waals surface area contributed by atoms with Crippen LogP contribution < -0.4 is 9.80 Å². The minimum Gasteiger partial charge on any atom is -0.508 e. The number of imide groups is 1. The van der Waals surface area contributed by atoms with Crippen molar-refractivity contribution >= 4 is 62.1 Å². The molecule has 6 rings (SSSR count). The van der Waals surface area contributed by atoms with Crippen molar-refractivity contribution in [3.05, 3.63) is 95.0 Å². The predicted octanol–water partition coefficient (Wildman–Crippen LogP) is 4.67. The third kappa shape index (κ3) is 4.50. The third-order valence-corrected chi connectivity index (χ3v) is 9.51. The number of phenols is 1. The molecule has 3 aliphatic carbocycles. The number of fused-ring (bicyclic) bond motifs is 3. The first-order valence-corrected chi connectivity index (χ1v) is 14.7. The molecule has 1 fully saturated rings. The lowest BCUT2D eigenvalue weighted by Gasteiger charge is -2.42. The molecule has 45 heavy (non-hydrogen) atoms. The van der Waals surface area contributed by atoms with E-state index in [-0.39, 0.29) is 58.3 Å². The Kier molecular flexibility index (Phi) is 7.07. The molecule has 0 unspecified atom stereocenters. The van der Waals surface area contributed by atoms with Crippen LogP contribution in [0.3, 0.4) is 0 Å². The van der Waals surface area contributed by atoms with E-state index in [9.17, 15) is 44.5 Å². The van der Waals surface area contributed by atoms with Crippen molar-refractivity contribution < 1.29 is 34.1 Å². The van der Waals surface area contributed by atoms with Gasteiger partial charge in [0.1, 0.15) is 5.75 Å². The quantitative estimate of drug-likeness (QED) is 0.154. The molecule has 2 aromatic rings. The normalized spacial score (nSPS) is 24.1. The molecule has 230 valence electrons. The molecule has 0 bridgehead atoms. The van der Waals surface area contributed by atoms with Gasteiger partial charge in [-0.05, 0) is 50.0 Å². The van der Waals surface area contributed by atoms with Crippen molar-refractivity contribution in [2.45, 2.75) is 25.7 Å². The Bertz CT molecular complexity index is 1860. The number of hydrogen-bond donors (Lipinski definition) is 1. The van der Waals surface area contributed by atoms with E-state index in [2.05, 4.69) is 15.9 Å². The minimum absolute atomic E-state index is 0.0178. The van der Waals surface area contributed by atoms with Gasteiger partial charge in [0, 0.05) is 58.9 Å². The maximum absolute atomic E-state index is 14.2. The lowest BCUT2D eigenvalue weighted by atomic mass is 9.59. The van der Waals surface area contributed by atoms with Crippen LogP contribution in [0.4, 0.5) is 22.7 Å². The lowest BCUT2D eigenvalue weighted by molar-refractivity contribution is -0.392. The molecule has 14 heteroatoms.